The minimum Gasteiger partial charge on any atom is -0.872 e. The average Bonchev–Trinajstić information content (AvgIpc) is 3.52. The molecule has 0 fully saturated rings. The first-order valence-electron chi connectivity index (χ1n) is 11.4. The third-order valence-corrected chi connectivity index (χ3v) is 9.68. The fourth-order valence-corrected chi connectivity index (χ4v) is 7.97. The second-order valence-corrected chi connectivity index (χ2v) is 11.6. The average molecular weight is 536 g/mol. The summed E-state index contributed by atoms with van der Waals surface area (Å²) in [7, 11) is 0. The van der Waals surface area contributed by atoms with Crippen LogP contribution in [0.3, 0.4) is 0 Å². The van der Waals surface area contributed by atoms with Crippen LogP contribution < -0.4 is 10.2 Å². The van der Waals surface area contributed by atoms with Crippen molar-refractivity contribution in [3.63, 3.8) is 0 Å². The van der Waals surface area contributed by atoms with Crippen LogP contribution in [0, 0.1) is 0 Å². The van der Waals surface area contributed by atoms with E-state index in [1.807, 2.05) is 12.1 Å². The summed E-state index contributed by atoms with van der Waals surface area (Å²) in [4.78, 5) is 0. The van der Waals surface area contributed by atoms with Gasteiger partial charge in [0.15, 0.2) is 0 Å². The summed E-state index contributed by atoms with van der Waals surface area (Å²) in [6.07, 6.45) is 9.49. The quantitative estimate of drug-likeness (QED) is 0.261. The Labute approximate surface area is 220 Å². The fourth-order valence-electron chi connectivity index (χ4n) is 3.82. The molecule has 0 amide bonds. The Morgan fingerprint density at radius 1 is 0.486 bits per heavy atom. The summed E-state index contributed by atoms with van der Waals surface area (Å²) in [5.74, 6) is 0.144. The van der Waals surface area contributed by atoms with E-state index in [2.05, 4.69) is 86.0 Å². The Morgan fingerprint density at radius 3 is 1.17 bits per heavy atom. The van der Waals surface area contributed by atoms with Gasteiger partial charge in [0.05, 0.1) is 0 Å². The van der Waals surface area contributed by atoms with Crippen molar-refractivity contribution in [3.8, 4) is 11.5 Å². The largest absolute Gasteiger partial charge is 0.872 e. The van der Waals surface area contributed by atoms with E-state index in [-0.39, 0.29) is 11.5 Å². The normalized spacial score (nSPS) is 15.5. The molecule has 2 unspecified atom stereocenters. The van der Waals surface area contributed by atoms with Gasteiger partial charge in [-0.1, -0.05) is 60.7 Å². The standard InChI is InChI=1S/2C9H7.2C6H6O.C2H4.Zr/c2*1-2-5-9-7-3-6-8(9)4-1;2*7-6-4-2-1-3-5-6;1-2;/h2*1-7H;2*1-5,7H;1-2H2;/q;;;;;+2/p-2. The van der Waals surface area contributed by atoms with Crippen LogP contribution in [0.25, 0.3) is 12.2 Å². The Kier molecular flexibility index (Phi) is 10.5. The SMILES string of the molecule is C1=C[CH]([Zr+2][CH]2C=Cc3ccccc32)c2ccccc21.C=C.[O-]c1ccccc1.[O-]c1ccccc1. The second-order valence-electron chi connectivity index (χ2n) is 7.72. The molecule has 4 aromatic rings. The molecule has 0 aliphatic heterocycles. The maximum atomic E-state index is 10.3. The molecule has 0 saturated carbocycles. The van der Waals surface area contributed by atoms with Gasteiger partial charge < -0.3 is 10.2 Å². The molecular weight excluding hydrogens is 508 g/mol. The van der Waals surface area contributed by atoms with Crippen LogP contribution in [-0.4, -0.2) is 0 Å². The van der Waals surface area contributed by atoms with Gasteiger partial charge in [-0.05, 0) is 0 Å². The predicted molar refractivity (Wildman–Crippen MR) is 139 cm³/mol. The molecule has 0 aromatic heterocycles. The number of para-hydroxylation sites is 2. The van der Waals surface area contributed by atoms with Gasteiger partial charge in [-0.15, -0.1) is 24.7 Å². The molecule has 4 aromatic carbocycles. The van der Waals surface area contributed by atoms with Crippen molar-refractivity contribution >= 4 is 12.2 Å². The molecule has 0 spiro atoms. The molecule has 2 atom stereocenters. The van der Waals surface area contributed by atoms with Gasteiger partial charge in [0, 0.05) is 0 Å². The molecule has 0 N–H and O–H groups in total. The van der Waals surface area contributed by atoms with Crippen LogP contribution in [0.2, 0.25) is 0 Å². The summed E-state index contributed by atoms with van der Waals surface area (Å²) in [5, 5.41) is 20.5. The molecule has 3 heteroatoms. The van der Waals surface area contributed by atoms with Crippen LogP contribution in [-0.2, 0) is 23.2 Å². The van der Waals surface area contributed by atoms with Gasteiger partial charge >= 0.3 is 126 Å². The number of hydrogen-bond donors (Lipinski definition) is 0. The van der Waals surface area contributed by atoms with E-state index in [1.54, 1.807) is 35.4 Å². The first kappa shape index (κ1) is 26.2. The van der Waals surface area contributed by atoms with E-state index in [9.17, 15) is 10.2 Å². The van der Waals surface area contributed by atoms with Crippen LogP contribution in [0.4, 0.5) is 0 Å². The van der Waals surface area contributed by atoms with Gasteiger partial charge in [0.1, 0.15) is 0 Å². The zero-order valence-electron chi connectivity index (χ0n) is 19.6. The molecule has 6 rings (SSSR count). The molecule has 2 aliphatic rings. The van der Waals surface area contributed by atoms with Crippen molar-refractivity contribution in [2.75, 3.05) is 0 Å². The topological polar surface area (TPSA) is 46.1 Å². The van der Waals surface area contributed by atoms with Gasteiger partial charge in [-0.3, -0.25) is 0 Å². The van der Waals surface area contributed by atoms with E-state index in [0.717, 1.165) is 7.25 Å². The van der Waals surface area contributed by atoms with E-state index in [1.165, 1.54) is 35.4 Å². The van der Waals surface area contributed by atoms with Crippen molar-refractivity contribution in [2.45, 2.75) is 7.25 Å². The Balaban J connectivity index is 0.000000176. The molecule has 2 aliphatic carbocycles. The number of allylic oxidation sites excluding steroid dienone is 2. The van der Waals surface area contributed by atoms with E-state index in [4.69, 9.17) is 0 Å². The molecule has 0 heterocycles. The molecule has 2 nitrogen and oxygen atoms in total. The van der Waals surface area contributed by atoms with Gasteiger partial charge in [0.2, 0.25) is 0 Å². The zero-order valence-corrected chi connectivity index (χ0v) is 22.0. The van der Waals surface area contributed by atoms with E-state index < -0.39 is 23.2 Å². The summed E-state index contributed by atoms with van der Waals surface area (Å²) >= 11 is -0.542. The minimum atomic E-state index is -0.542. The smallest absolute Gasteiger partial charge is 0.0623 e. The Hall–Kier alpha value is -3.42. The van der Waals surface area contributed by atoms with Crippen LogP contribution in [0.1, 0.15) is 29.5 Å². The summed E-state index contributed by atoms with van der Waals surface area (Å²) in [5.41, 5.74) is 5.99. The number of fused-ring (bicyclic) bond motifs is 2. The van der Waals surface area contributed by atoms with Crippen molar-refractivity contribution < 1.29 is 33.4 Å². The number of benzene rings is 4. The second kappa shape index (κ2) is 14.1. The third-order valence-electron chi connectivity index (χ3n) is 5.44. The molecular formula is C32H28O2Zr. The van der Waals surface area contributed by atoms with Crippen LogP contribution >= 0.6 is 0 Å². The summed E-state index contributed by atoms with van der Waals surface area (Å²) in [6.45, 7) is 6.00. The van der Waals surface area contributed by atoms with Crippen molar-refractivity contribution in [1.29, 1.82) is 0 Å². The van der Waals surface area contributed by atoms with Gasteiger partial charge in [0.25, 0.3) is 0 Å². The molecule has 0 bridgehead atoms. The molecule has 0 saturated heterocycles. The first-order valence-corrected chi connectivity index (χ1v) is 14.3. The zero-order chi connectivity index (χ0) is 24.9. The van der Waals surface area contributed by atoms with Crippen molar-refractivity contribution in [3.05, 3.63) is 157 Å². The van der Waals surface area contributed by atoms with Crippen LogP contribution in [0.15, 0.2) is 135 Å². The summed E-state index contributed by atoms with van der Waals surface area (Å²) < 4.78 is 1.47. The Bertz CT molecular complexity index is 1140. The predicted octanol–water partition coefficient (Wildman–Crippen LogP) is 6.93. The maximum Gasteiger partial charge on any atom is -0.0623 e. The molecule has 35 heavy (non-hydrogen) atoms. The number of hydrogen-bond acceptors (Lipinski definition) is 2. The van der Waals surface area contributed by atoms with Crippen molar-refractivity contribution in [2.24, 2.45) is 0 Å². The molecule has 172 valence electrons. The van der Waals surface area contributed by atoms with E-state index in [0.29, 0.717) is 0 Å². The minimum absolute atomic E-state index is 0.0718. The Morgan fingerprint density at radius 2 is 0.829 bits per heavy atom. The first-order chi connectivity index (χ1) is 17.2. The van der Waals surface area contributed by atoms with Gasteiger partial charge in [-0.2, -0.15) is 0 Å². The maximum absolute atomic E-state index is 10.3. The molecule has 0 radical (unpaired) electrons. The van der Waals surface area contributed by atoms with Crippen molar-refractivity contribution in [1.82, 2.24) is 0 Å². The number of rotatable bonds is 2. The third kappa shape index (κ3) is 7.80. The fraction of sp³-hybridized carbons (Fsp3) is 0.0625. The summed E-state index contributed by atoms with van der Waals surface area (Å²) in [6, 6.07) is 34.4. The van der Waals surface area contributed by atoms with Crippen LogP contribution in [0.5, 0.6) is 11.5 Å². The van der Waals surface area contributed by atoms with E-state index >= 15 is 0 Å². The van der Waals surface area contributed by atoms with Gasteiger partial charge in [-0.25, -0.2) is 0 Å². The monoisotopic (exact) mass is 534 g/mol.